The van der Waals surface area contributed by atoms with Crippen LogP contribution in [0.1, 0.15) is 18.1 Å². The Labute approximate surface area is 168 Å². The summed E-state index contributed by atoms with van der Waals surface area (Å²) in [7, 11) is 0. The summed E-state index contributed by atoms with van der Waals surface area (Å²) < 4.78 is 1.89. The molecular weight excluding hydrogens is 366 g/mol. The number of nitrogens with one attached hydrogen (secondary N) is 1. The molecule has 0 spiro atoms. The summed E-state index contributed by atoms with van der Waals surface area (Å²) >= 11 is 0. The molecule has 3 aromatic rings. The highest BCUT2D eigenvalue weighted by atomic mass is 16.2. The second kappa shape index (κ2) is 7.59. The molecule has 0 bridgehead atoms. The summed E-state index contributed by atoms with van der Waals surface area (Å²) in [5.41, 5.74) is 3.07. The molecule has 0 saturated carbocycles. The number of urea groups is 1. The second-order valence-electron chi connectivity index (χ2n) is 6.67. The first kappa shape index (κ1) is 18.4. The fourth-order valence-corrected chi connectivity index (χ4v) is 3.20. The van der Waals surface area contributed by atoms with E-state index in [1.165, 1.54) is 6.08 Å². The first-order valence-corrected chi connectivity index (χ1v) is 9.30. The van der Waals surface area contributed by atoms with Gasteiger partial charge in [0, 0.05) is 18.1 Å². The van der Waals surface area contributed by atoms with Crippen molar-refractivity contribution >= 4 is 29.6 Å². The average Bonchev–Trinajstić information content (AvgIpc) is 3.21. The van der Waals surface area contributed by atoms with Crippen molar-refractivity contribution in [2.45, 2.75) is 13.3 Å². The Morgan fingerprint density at radius 2 is 1.62 bits per heavy atom. The zero-order valence-corrected chi connectivity index (χ0v) is 15.8. The summed E-state index contributed by atoms with van der Waals surface area (Å²) in [5.74, 6) is -1.34. The molecule has 0 aliphatic carbocycles. The van der Waals surface area contributed by atoms with Gasteiger partial charge in [0.2, 0.25) is 0 Å². The van der Waals surface area contributed by atoms with Crippen LogP contribution in [0.25, 0.3) is 11.8 Å². The molecule has 6 heteroatoms. The molecule has 1 aliphatic heterocycles. The van der Waals surface area contributed by atoms with Gasteiger partial charge < -0.3 is 4.57 Å². The van der Waals surface area contributed by atoms with Gasteiger partial charge in [-0.15, -0.1) is 0 Å². The minimum atomic E-state index is -0.747. The molecule has 4 amide bonds. The van der Waals surface area contributed by atoms with E-state index in [9.17, 15) is 14.4 Å². The van der Waals surface area contributed by atoms with E-state index in [1.807, 2.05) is 66.3 Å². The number of rotatable bonds is 4. The number of barbiturate groups is 1. The predicted molar refractivity (Wildman–Crippen MR) is 111 cm³/mol. The third-order valence-electron chi connectivity index (χ3n) is 4.79. The Morgan fingerprint density at radius 1 is 0.897 bits per heavy atom. The first-order valence-electron chi connectivity index (χ1n) is 9.30. The topological polar surface area (TPSA) is 71.4 Å². The van der Waals surface area contributed by atoms with Crippen molar-refractivity contribution in [3.63, 3.8) is 0 Å². The number of carbonyl (C=O) groups excluding carboxylic acids is 3. The number of nitrogens with zero attached hydrogens (tertiary/aromatic N) is 2. The number of amides is 4. The van der Waals surface area contributed by atoms with Crippen LogP contribution < -0.4 is 10.2 Å². The fourth-order valence-electron chi connectivity index (χ4n) is 3.20. The van der Waals surface area contributed by atoms with E-state index >= 15 is 0 Å². The van der Waals surface area contributed by atoms with Gasteiger partial charge >= 0.3 is 6.03 Å². The normalized spacial score (nSPS) is 15.7. The second-order valence-corrected chi connectivity index (χ2v) is 6.67. The van der Waals surface area contributed by atoms with Crippen LogP contribution in [0.4, 0.5) is 10.5 Å². The van der Waals surface area contributed by atoms with Crippen LogP contribution in [-0.4, -0.2) is 22.4 Å². The molecule has 2 aromatic carbocycles. The molecule has 144 valence electrons. The van der Waals surface area contributed by atoms with Gasteiger partial charge in [-0.3, -0.25) is 14.9 Å². The van der Waals surface area contributed by atoms with Crippen molar-refractivity contribution in [1.82, 2.24) is 9.88 Å². The van der Waals surface area contributed by atoms with E-state index in [1.54, 1.807) is 18.2 Å². The summed E-state index contributed by atoms with van der Waals surface area (Å²) in [4.78, 5) is 38.6. The molecule has 0 atom stereocenters. The van der Waals surface area contributed by atoms with E-state index in [2.05, 4.69) is 5.32 Å². The van der Waals surface area contributed by atoms with E-state index in [0.717, 1.165) is 22.6 Å². The number of benzene rings is 2. The van der Waals surface area contributed by atoms with Gasteiger partial charge in [-0.2, -0.15) is 0 Å². The quantitative estimate of drug-likeness (QED) is 0.550. The number of anilines is 1. The van der Waals surface area contributed by atoms with Crippen LogP contribution in [0.15, 0.2) is 78.6 Å². The van der Waals surface area contributed by atoms with Gasteiger partial charge in [-0.05, 0) is 54.0 Å². The number of hydrogen-bond acceptors (Lipinski definition) is 3. The number of aromatic nitrogens is 1. The highest BCUT2D eigenvalue weighted by Gasteiger charge is 2.36. The molecule has 0 unspecified atom stereocenters. The van der Waals surface area contributed by atoms with Crippen molar-refractivity contribution in [2.75, 3.05) is 4.90 Å². The molecular formula is C23H19N3O3. The van der Waals surface area contributed by atoms with Crippen LogP contribution in [0, 0.1) is 0 Å². The van der Waals surface area contributed by atoms with E-state index in [4.69, 9.17) is 0 Å². The van der Waals surface area contributed by atoms with Crippen molar-refractivity contribution in [1.29, 1.82) is 0 Å². The average molecular weight is 385 g/mol. The molecule has 29 heavy (non-hydrogen) atoms. The van der Waals surface area contributed by atoms with Gasteiger partial charge in [0.15, 0.2) is 0 Å². The summed E-state index contributed by atoms with van der Waals surface area (Å²) in [6.07, 6.45) is 6.01. The van der Waals surface area contributed by atoms with Crippen LogP contribution in [-0.2, 0) is 16.0 Å². The molecule has 2 heterocycles. The van der Waals surface area contributed by atoms with E-state index in [0.29, 0.717) is 11.3 Å². The summed E-state index contributed by atoms with van der Waals surface area (Å²) in [6.45, 7) is 2.02. The summed E-state index contributed by atoms with van der Waals surface area (Å²) in [5, 5.41) is 2.25. The minimum Gasteiger partial charge on any atom is -0.323 e. The lowest BCUT2D eigenvalue weighted by molar-refractivity contribution is -0.122. The van der Waals surface area contributed by atoms with Gasteiger partial charge in [0.05, 0.1) is 5.69 Å². The molecule has 0 radical (unpaired) electrons. The van der Waals surface area contributed by atoms with Crippen molar-refractivity contribution in [3.8, 4) is 5.69 Å². The van der Waals surface area contributed by atoms with Crippen molar-refractivity contribution < 1.29 is 14.4 Å². The summed E-state index contributed by atoms with van der Waals surface area (Å²) in [6, 6.07) is 17.9. The van der Waals surface area contributed by atoms with Crippen LogP contribution in [0.2, 0.25) is 0 Å². The number of para-hydroxylation sites is 1. The number of carbonyl (C=O) groups is 3. The Hall–Kier alpha value is -3.93. The highest BCUT2D eigenvalue weighted by Crippen LogP contribution is 2.23. The lowest BCUT2D eigenvalue weighted by atomic mass is 10.1. The number of imide groups is 2. The van der Waals surface area contributed by atoms with Gasteiger partial charge in [-0.1, -0.05) is 37.3 Å². The maximum Gasteiger partial charge on any atom is 0.335 e. The first-order chi connectivity index (χ1) is 14.1. The van der Waals surface area contributed by atoms with Crippen LogP contribution >= 0.6 is 0 Å². The molecule has 1 fully saturated rings. The molecule has 1 aromatic heterocycles. The van der Waals surface area contributed by atoms with Gasteiger partial charge in [-0.25, -0.2) is 9.69 Å². The third-order valence-corrected chi connectivity index (χ3v) is 4.79. The predicted octanol–water partition coefficient (Wildman–Crippen LogP) is 3.71. The maximum absolute atomic E-state index is 13.0. The number of hydrogen-bond donors (Lipinski definition) is 1. The molecule has 4 rings (SSSR count). The number of aryl methyl sites for hydroxylation is 1. The van der Waals surface area contributed by atoms with Crippen LogP contribution in [0.5, 0.6) is 0 Å². The Kier molecular flexibility index (Phi) is 4.83. The zero-order valence-electron chi connectivity index (χ0n) is 15.8. The zero-order chi connectivity index (χ0) is 20.4. The Morgan fingerprint density at radius 3 is 2.31 bits per heavy atom. The van der Waals surface area contributed by atoms with Crippen molar-refractivity contribution in [2.24, 2.45) is 0 Å². The van der Waals surface area contributed by atoms with E-state index in [-0.39, 0.29) is 5.57 Å². The highest BCUT2D eigenvalue weighted by molar-refractivity contribution is 6.39. The Balaban J connectivity index is 1.66. The molecule has 1 saturated heterocycles. The van der Waals surface area contributed by atoms with Crippen LogP contribution in [0.3, 0.4) is 0 Å². The minimum absolute atomic E-state index is 0.0880. The largest absolute Gasteiger partial charge is 0.335 e. The lowest BCUT2D eigenvalue weighted by Crippen LogP contribution is -2.54. The SMILES string of the molecule is CCc1ccc(N2C(=O)NC(=O)/C(=C/c3ccn(-c4ccccc4)c3)C2=O)cc1. The van der Waals surface area contributed by atoms with Gasteiger partial charge in [0.25, 0.3) is 11.8 Å². The van der Waals surface area contributed by atoms with Crippen molar-refractivity contribution in [3.05, 3.63) is 89.8 Å². The maximum atomic E-state index is 13.0. The molecule has 1 N–H and O–H groups in total. The fraction of sp³-hybridized carbons (Fsp3) is 0.0870. The monoisotopic (exact) mass is 385 g/mol. The van der Waals surface area contributed by atoms with Gasteiger partial charge in [0.1, 0.15) is 5.57 Å². The molecule has 6 nitrogen and oxygen atoms in total. The lowest BCUT2D eigenvalue weighted by Gasteiger charge is -2.26. The van der Waals surface area contributed by atoms with E-state index < -0.39 is 17.8 Å². The standard InChI is InChI=1S/C23H19N3O3/c1-2-16-8-10-19(11-9-16)26-22(28)20(21(27)24-23(26)29)14-17-12-13-25(15-17)18-6-4-3-5-7-18/h3-15H,2H2,1H3,(H,24,27,29)/b20-14-. The Bertz CT molecular complexity index is 1110. The third kappa shape index (κ3) is 3.60. The smallest absolute Gasteiger partial charge is 0.323 e. The molecule has 1 aliphatic rings.